The molecule has 0 aromatic heterocycles. The maximum Gasteiger partial charge on any atom is 0.573 e. The monoisotopic (exact) mass is 446 g/mol. The molecule has 2 aromatic carbocycles. The number of ether oxygens (including phenoxy) is 2. The summed E-state index contributed by atoms with van der Waals surface area (Å²) >= 11 is 0. The molecule has 2 rings (SSSR count). The van der Waals surface area contributed by atoms with E-state index in [1.54, 1.807) is 6.92 Å². The van der Waals surface area contributed by atoms with E-state index in [1.165, 1.54) is 50.4 Å². The third kappa shape index (κ3) is 6.63. The molecule has 2 N–H and O–H groups in total. The first-order chi connectivity index (χ1) is 13.9. The first-order valence-corrected chi connectivity index (χ1v) is 10.2. The molecule has 11 heteroatoms. The lowest BCUT2D eigenvalue weighted by Gasteiger charge is -2.19. The SMILES string of the molecule is COc1ccc(S(=O)(=O)N[C@@H](C)C(=O)NC(C)c2ccc(OC(F)(F)F)cc2)cc1. The summed E-state index contributed by atoms with van der Waals surface area (Å²) < 4.78 is 72.5. The Hall–Kier alpha value is -2.79. The molecule has 0 spiro atoms. The maximum atomic E-state index is 12.4. The summed E-state index contributed by atoms with van der Waals surface area (Å²) in [5.74, 6) is -0.499. The number of carbonyl (C=O) groups excluding carboxylic acids is 1. The third-order valence-corrected chi connectivity index (χ3v) is 5.62. The molecule has 164 valence electrons. The van der Waals surface area contributed by atoms with Crippen molar-refractivity contribution in [1.82, 2.24) is 10.0 Å². The van der Waals surface area contributed by atoms with E-state index in [9.17, 15) is 26.4 Å². The second-order valence-electron chi connectivity index (χ2n) is 6.37. The number of benzene rings is 2. The predicted octanol–water partition coefficient (Wildman–Crippen LogP) is 3.14. The minimum absolute atomic E-state index is 0.0312. The van der Waals surface area contributed by atoms with Crippen LogP contribution in [0.2, 0.25) is 0 Å². The summed E-state index contributed by atoms with van der Waals surface area (Å²) in [6.45, 7) is 2.99. The Morgan fingerprint density at radius 3 is 2.00 bits per heavy atom. The van der Waals surface area contributed by atoms with Gasteiger partial charge in [0.05, 0.1) is 24.1 Å². The number of amides is 1. The normalized spacial score (nSPS) is 13.9. The summed E-state index contributed by atoms with van der Waals surface area (Å²) in [5, 5.41) is 2.61. The molecular weight excluding hydrogens is 425 g/mol. The van der Waals surface area contributed by atoms with Gasteiger partial charge in [-0.2, -0.15) is 4.72 Å². The Morgan fingerprint density at radius 1 is 0.967 bits per heavy atom. The topological polar surface area (TPSA) is 93.7 Å². The number of halogens is 3. The second-order valence-corrected chi connectivity index (χ2v) is 8.08. The van der Waals surface area contributed by atoms with Crippen molar-refractivity contribution in [2.24, 2.45) is 0 Å². The fourth-order valence-electron chi connectivity index (χ4n) is 2.49. The minimum atomic E-state index is -4.79. The van der Waals surface area contributed by atoms with Gasteiger partial charge in [0.15, 0.2) is 0 Å². The maximum absolute atomic E-state index is 12.4. The first-order valence-electron chi connectivity index (χ1n) is 8.74. The third-order valence-electron chi connectivity index (χ3n) is 4.07. The molecule has 0 radical (unpaired) electrons. The zero-order chi connectivity index (χ0) is 22.5. The van der Waals surface area contributed by atoms with Crippen molar-refractivity contribution in [3.8, 4) is 11.5 Å². The Bertz CT molecular complexity index is 961. The van der Waals surface area contributed by atoms with Crippen LogP contribution < -0.4 is 19.5 Å². The molecule has 0 bridgehead atoms. The highest BCUT2D eigenvalue weighted by Gasteiger charge is 2.31. The van der Waals surface area contributed by atoms with Gasteiger partial charge in [-0.15, -0.1) is 13.2 Å². The van der Waals surface area contributed by atoms with E-state index in [-0.39, 0.29) is 10.6 Å². The van der Waals surface area contributed by atoms with Crippen LogP contribution in [0, 0.1) is 0 Å². The van der Waals surface area contributed by atoms with Gasteiger partial charge in [-0.05, 0) is 55.8 Å². The Balaban J connectivity index is 1.98. The lowest BCUT2D eigenvalue weighted by molar-refractivity contribution is -0.274. The van der Waals surface area contributed by atoms with Gasteiger partial charge in [0.25, 0.3) is 0 Å². The molecule has 7 nitrogen and oxygen atoms in total. The van der Waals surface area contributed by atoms with Gasteiger partial charge in [0.2, 0.25) is 15.9 Å². The van der Waals surface area contributed by atoms with E-state index < -0.39 is 34.4 Å². The number of sulfonamides is 1. The molecule has 2 atom stereocenters. The smallest absolute Gasteiger partial charge is 0.497 e. The summed E-state index contributed by atoms with van der Waals surface area (Å²) in [7, 11) is -2.49. The lowest BCUT2D eigenvalue weighted by Crippen LogP contribution is -2.45. The summed E-state index contributed by atoms with van der Waals surface area (Å²) in [6.07, 6.45) is -4.79. The average molecular weight is 446 g/mol. The van der Waals surface area contributed by atoms with Crippen LogP contribution in [0.25, 0.3) is 0 Å². The quantitative estimate of drug-likeness (QED) is 0.650. The van der Waals surface area contributed by atoms with Gasteiger partial charge in [-0.25, -0.2) is 8.42 Å². The number of rotatable bonds is 8. The largest absolute Gasteiger partial charge is 0.573 e. The molecule has 1 unspecified atom stereocenters. The van der Waals surface area contributed by atoms with Crippen molar-refractivity contribution in [1.29, 1.82) is 0 Å². The summed E-state index contributed by atoms with van der Waals surface area (Å²) in [5.41, 5.74) is 0.517. The van der Waals surface area contributed by atoms with Crippen LogP contribution in [0.4, 0.5) is 13.2 Å². The van der Waals surface area contributed by atoms with Crippen LogP contribution in [0.5, 0.6) is 11.5 Å². The molecular formula is C19H21F3N2O5S. The van der Waals surface area contributed by atoms with Crippen LogP contribution in [-0.2, 0) is 14.8 Å². The number of hydrogen-bond donors (Lipinski definition) is 2. The Kier molecular flexibility index (Phi) is 7.32. The van der Waals surface area contributed by atoms with Crippen molar-refractivity contribution >= 4 is 15.9 Å². The van der Waals surface area contributed by atoms with Crippen molar-refractivity contribution < 1.29 is 35.9 Å². The fraction of sp³-hybridized carbons (Fsp3) is 0.316. The Labute approximate surface area is 172 Å². The zero-order valence-electron chi connectivity index (χ0n) is 16.4. The fourth-order valence-corrected chi connectivity index (χ4v) is 3.69. The number of nitrogens with one attached hydrogen (secondary N) is 2. The number of carbonyl (C=O) groups is 1. The Morgan fingerprint density at radius 2 is 1.50 bits per heavy atom. The van der Waals surface area contributed by atoms with E-state index in [0.717, 1.165) is 12.1 Å². The van der Waals surface area contributed by atoms with E-state index in [1.807, 2.05) is 0 Å². The van der Waals surface area contributed by atoms with Crippen LogP contribution in [0.3, 0.4) is 0 Å². The lowest BCUT2D eigenvalue weighted by atomic mass is 10.1. The molecule has 0 saturated carbocycles. The van der Waals surface area contributed by atoms with Gasteiger partial charge in [-0.3, -0.25) is 4.79 Å². The molecule has 0 aliphatic rings. The highest BCUT2D eigenvalue weighted by molar-refractivity contribution is 7.89. The van der Waals surface area contributed by atoms with Gasteiger partial charge in [0.1, 0.15) is 11.5 Å². The van der Waals surface area contributed by atoms with Crippen LogP contribution in [0.15, 0.2) is 53.4 Å². The van der Waals surface area contributed by atoms with Crippen molar-refractivity contribution in [2.75, 3.05) is 7.11 Å². The van der Waals surface area contributed by atoms with Gasteiger partial charge in [-0.1, -0.05) is 12.1 Å². The van der Waals surface area contributed by atoms with Crippen LogP contribution >= 0.6 is 0 Å². The number of methoxy groups -OCH3 is 1. The molecule has 1 amide bonds. The van der Waals surface area contributed by atoms with Gasteiger partial charge >= 0.3 is 6.36 Å². The van der Waals surface area contributed by atoms with E-state index in [2.05, 4.69) is 14.8 Å². The highest BCUT2D eigenvalue weighted by atomic mass is 32.2. The minimum Gasteiger partial charge on any atom is -0.497 e. The van der Waals surface area contributed by atoms with Crippen LogP contribution in [0.1, 0.15) is 25.5 Å². The molecule has 0 saturated heterocycles. The van der Waals surface area contributed by atoms with Gasteiger partial charge in [0, 0.05) is 0 Å². The predicted molar refractivity (Wildman–Crippen MR) is 102 cm³/mol. The zero-order valence-corrected chi connectivity index (χ0v) is 17.2. The standard InChI is InChI=1S/C19H21F3N2O5S/c1-12(14-4-6-16(7-5-14)29-19(20,21)22)23-18(25)13(2)24-30(26,27)17-10-8-15(28-3)9-11-17/h4-13,24H,1-3H3,(H,23,25)/t12?,13-/m0/s1. The molecule has 0 aliphatic heterocycles. The number of alkyl halides is 3. The average Bonchev–Trinajstić information content (AvgIpc) is 2.66. The van der Waals surface area contributed by atoms with Crippen LogP contribution in [-0.4, -0.2) is 33.8 Å². The molecule has 30 heavy (non-hydrogen) atoms. The van der Waals surface area contributed by atoms with Gasteiger partial charge < -0.3 is 14.8 Å². The molecule has 0 aliphatic carbocycles. The molecule has 0 fully saturated rings. The van der Waals surface area contributed by atoms with Crippen molar-refractivity contribution in [3.05, 3.63) is 54.1 Å². The summed E-state index contributed by atoms with van der Waals surface area (Å²) in [6, 6.07) is 8.98. The highest BCUT2D eigenvalue weighted by Crippen LogP contribution is 2.24. The van der Waals surface area contributed by atoms with Crippen molar-refractivity contribution in [2.45, 2.75) is 37.2 Å². The number of hydrogen-bond acceptors (Lipinski definition) is 5. The molecule has 0 heterocycles. The second kappa shape index (κ2) is 9.35. The van der Waals surface area contributed by atoms with E-state index >= 15 is 0 Å². The van der Waals surface area contributed by atoms with E-state index in [4.69, 9.17) is 4.74 Å². The summed E-state index contributed by atoms with van der Waals surface area (Å²) in [4.78, 5) is 12.3. The first kappa shape index (κ1) is 23.5. The molecule has 2 aromatic rings. The van der Waals surface area contributed by atoms with Crippen molar-refractivity contribution in [3.63, 3.8) is 0 Å². The van der Waals surface area contributed by atoms with E-state index in [0.29, 0.717) is 11.3 Å².